The van der Waals surface area contributed by atoms with Gasteiger partial charge in [-0.2, -0.15) is 0 Å². The molecule has 1 aromatic heterocycles. The quantitative estimate of drug-likeness (QED) is 0.842. The zero-order valence-electron chi connectivity index (χ0n) is 12.0. The molecule has 20 heavy (non-hydrogen) atoms. The SMILES string of the molecule is CC(C)(CCCO)CNc1ccnc2cc(Cl)ccc12. The van der Waals surface area contributed by atoms with E-state index in [9.17, 15) is 0 Å². The first-order valence-corrected chi connectivity index (χ1v) is 7.29. The van der Waals surface area contributed by atoms with Crippen molar-refractivity contribution in [1.29, 1.82) is 0 Å². The van der Waals surface area contributed by atoms with Gasteiger partial charge in [-0.3, -0.25) is 4.98 Å². The van der Waals surface area contributed by atoms with Crippen molar-refractivity contribution >= 4 is 28.2 Å². The Bertz CT molecular complexity index is 584. The molecule has 0 unspecified atom stereocenters. The molecule has 2 rings (SSSR count). The average molecular weight is 293 g/mol. The molecule has 0 atom stereocenters. The molecule has 0 aliphatic carbocycles. The normalized spacial score (nSPS) is 11.8. The van der Waals surface area contributed by atoms with Crippen LogP contribution in [-0.2, 0) is 0 Å². The minimum atomic E-state index is 0.144. The highest BCUT2D eigenvalue weighted by molar-refractivity contribution is 6.31. The Kier molecular flexibility index (Phi) is 4.84. The van der Waals surface area contributed by atoms with Crippen molar-refractivity contribution in [3.05, 3.63) is 35.5 Å². The largest absolute Gasteiger partial charge is 0.396 e. The predicted molar refractivity (Wildman–Crippen MR) is 85.3 cm³/mol. The number of aliphatic hydroxyl groups is 1. The lowest BCUT2D eigenvalue weighted by molar-refractivity contribution is 0.248. The molecule has 1 aromatic carbocycles. The van der Waals surface area contributed by atoms with Gasteiger partial charge in [0.15, 0.2) is 0 Å². The van der Waals surface area contributed by atoms with Gasteiger partial charge < -0.3 is 10.4 Å². The Hall–Kier alpha value is -1.32. The number of pyridine rings is 1. The number of benzene rings is 1. The van der Waals surface area contributed by atoms with Gasteiger partial charge in [-0.1, -0.05) is 25.4 Å². The molecule has 0 aliphatic rings. The Morgan fingerprint density at radius 1 is 1.30 bits per heavy atom. The molecular formula is C16H21ClN2O. The van der Waals surface area contributed by atoms with Gasteiger partial charge in [-0.15, -0.1) is 0 Å². The molecule has 4 heteroatoms. The Morgan fingerprint density at radius 3 is 2.85 bits per heavy atom. The van der Waals surface area contributed by atoms with Crippen molar-refractivity contribution in [2.24, 2.45) is 5.41 Å². The standard InChI is InChI=1S/C16H21ClN2O/c1-16(2,7-3-9-20)11-19-14-6-8-18-15-10-12(17)4-5-13(14)15/h4-6,8,10,20H,3,7,9,11H2,1-2H3,(H,18,19). The topological polar surface area (TPSA) is 45.1 Å². The smallest absolute Gasteiger partial charge is 0.0737 e. The Labute approximate surface area is 125 Å². The maximum absolute atomic E-state index is 8.94. The van der Waals surface area contributed by atoms with Crippen molar-refractivity contribution in [1.82, 2.24) is 4.98 Å². The molecule has 0 radical (unpaired) electrons. The minimum Gasteiger partial charge on any atom is -0.396 e. The van der Waals surface area contributed by atoms with E-state index in [1.165, 1.54) is 0 Å². The molecule has 0 bridgehead atoms. The second-order valence-electron chi connectivity index (χ2n) is 5.86. The number of aliphatic hydroxyl groups excluding tert-OH is 1. The molecule has 3 nitrogen and oxygen atoms in total. The molecule has 0 spiro atoms. The van der Waals surface area contributed by atoms with Gasteiger partial charge in [0.2, 0.25) is 0 Å². The molecule has 0 fully saturated rings. The molecule has 0 amide bonds. The maximum atomic E-state index is 8.94. The van der Waals surface area contributed by atoms with Gasteiger partial charge in [0.25, 0.3) is 0 Å². The lowest BCUT2D eigenvalue weighted by Crippen LogP contribution is -2.23. The van der Waals surface area contributed by atoms with E-state index in [1.807, 2.05) is 24.3 Å². The summed E-state index contributed by atoms with van der Waals surface area (Å²) >= 11 is 5.99. The fourth-order valence-electron chi connectivity index (χ4n) is 2.26. The highest BCUT2D eigenvalue weighted by Crippen LogP contribution is 2.27. The summed E-state index contributed by atoms with van der Waals surface area (Å²) < 4.78 is 0. The number of aromatic nitrogens is 1. The Balaban J connectivity index is 2.14. The van der Waals surface area contributed by atoms with E-state index in [4.69, 9.17) is 16.7 Å². The van der Waals surface area contributed by atoms with Gasteiger partial charge in [-0.05, 0) is 42.5 Å². The first-order chi connectivity index (χ1) is 9.52. The van der Waals surface area contributed by atoms with Crippen molar-refractivity contribution < 1.29 is 5.11 Å². The molecule has 0 saturated carbocycles. The zero-order chi connectivity index (χ0) is 14.6. The summed E-state index contributed by atoms with van der Waals surface area (Å²) in [7, 11) is 0. The molecular weight excluding hydrogens is 272 g/mol. The predicted octanol–water partition coefficient (Wildman–Crippen LogP) is 4.10. The van der Waals surface area contributed by atoms with Gasteiger partial charge in [-0.25, -0.2) is 0 Å². The van der Waals surface area contributed by atoms with E-state index in [0.29, 0.717) is 5.02 Å². The third kappa shape index (κ3) is 3.84. The third-order valence-corrected chi connectivity index (χ3v) is 3.71. The number of halogens is 1. The summed E-state index contributed by atoms with van der Waals surface area (Å²) in [6.07, 6.45) is 3.62. The highest BCUT2D eigenvalue weighted by Gasteiger charge is 2.17. The monoisotopic (exact) mass is 292 g/mol. The van der Waals surface area contributed by atoms with Crippen LogP contribution in [0.4, 0.5) is 5.69 Å². The summed E-state index contributed by atoms with van der Waals surface area (Å²) in [5.74, 6) is 0. The van der Waals surface area contributed by atoms with Crippen LogP contribution in [0.5, 0.6) is 0 Å². The van der Waals surface area contributed by atoms with E-state index in [0.717, 1.165) is 36.0 Å². The number of fused-ring (bicyclic) bond motifs is 1. The van der Waals surface area contributed by atoms with Crippen LogP contribution in [0.3, 0.4) is 0 Å². The third-order valence-electron chi connectivity index (χ3n) is 3.47. The van der Waals surface area contributed by atoms with E-state index >= 15 is 0 Å². The van der Waals surface area contributed by atoms with Gasteiger partial charge >= 0.3 is 0 Å². The Morgan fingerprint density at radius 2 is 2.10 bits per heavy atom. The summed E-state index contributed by atoms with van der Waals surface area (Å²) in [5.41, 5.74) is 2.12. The highest BCUT2D eigenvalue weighted by atomic mass is 35.5. The summed E-state index contributed by atoms with van der Waals surface area (Å²) in [6, 6.07) is 7.73. The molecule has 1 heterocycles. The van der Waals surface area contributed by atoms with Gasteiger partial charge in [0, 0.05) is 35.4 Å². The molecule has 0 aliphatic heterocycles. The summed E-state index contributed by atoms with van der Waals surface area (Å²) in [6.45, 7) is 5.51. The maximum Gasteiger partial charge on any atom is 0.0737 e. The number of hydrogen-bond donors (Lipinski definition) is 2. The summed E-state index contributed by atoms with van der Waals surface area (Å²) in [4.78, 5) is 4.34. The van der Waals surface area contributed by atoms with Crippen LogP contribution in [0.2, 0.25) is 5.02 Å². The van der Waals surface area contributed by atoms with Gasteiger partial charge in [0.1, 0.15) is 0 Å². The first-order valence-electron chi connectivity index (χ1n) is 6.91. The molecule has 2 N–H and O–H groups in total. The average Bonchev–Trinajstić information content (AvgIpc) is 2.42. The van der Waals surface area contributed by atoms with E-state index < -0.39 is 0 Å². The van der Waals surface area contributed by atoms with Gasteiger partial charge in [0.05, 0.1) is 5.52 Å². The molecule has 2 aromatic rings. The first kappa shape index (κ1) is 15.1. The lowest BCUT2D eigenvalue weighted by Gasteiger charge is -2.25. The van der Waals surface area contributed by atoms with Crippen molar-refractivity contribution in [2.45, 2.75) is 26.7 Å². The van der Waals surface area contributed by atoms with Crippen LogP contribution in [0, 0.1) is 5.41 Å². The lowest BCUT2D eigenvalue weighted by atomic mass is 9.88. The molecule has 0 saturated heterocycles. The summed E-state index contributed by atoms with van der Waals surface area (Å²) in [5, 5.41) is 14.2. The number of anilines is 1. The van der Waals surface area contributed by atoms with E-state index in [-0.39, 0.29) is 12.0 Å². The van der Waals surface area contributed by atoms with Crippen LogP contribution < -0.4 is 5.32 Å². The van der Waals surface area contributed by atoms with Crippen LogP contribution in [-0.4, -0.2) is 23.2 Å². The molecule has 108 valence electrons. The van der Waals surface area contributed by atoms with E-state index in [2.05, 4.69) is 24.1 Å². The van der Waals surface area contributed by atoms with Crippen LogP contribution in [0.1, 0.15) is 26.7 Å². The van der Waals surface area contributed by atoms with Crippen LogP contribution in [0.25, 0.3) is 10.9 Å². The minimum absolute atomic E-state index is 0.144. The van der Waals surface area contributed by atoms with Crippen LogP contribution >= 0.6 is 11.6 Å². The number of rotatable bonds is 6. The number of nitrogens with one attached hydrogen (secondary N) is 1. The van der Waals surface area contributed by atoms with Crippen molar-refractivity contribution in [3.63, 3.8) is 0 Å². The van der Waals surface area contributed by atoms with Crippen molar-refractivity contribution in [2.75, 3.05) is 18.5 Å². The fourth-order valence-corrected chi connectivity index (χ4v) is 2.42. The van der Waals surface area contributed by atoms with Crippen molar-refractivity contribution in [3.8, 4) is 0 Å². The second kappa shape index (κ2) is 6.42. The number of nitrogens with zero attached hydrogens (tertiary/aromatic N) is 1. The zero-order valence-corrected chi connectivity index (χ0v) is 12.7. The van der Waals surface area contributed by atoms with E-state index in [1.54, 1.807) is 6.20 Å². The fraction of sp³-hybridized carbons (Fsp3) is 0.438. The second-order valence-corrected chi connectivity index (χ2v) is 6.30. The number of hydrogen-bond acceptors (Lipinski definition) is 3. The van der Waals surface area contributed by atoms with Crippen LogP contribution in [0.15, 0.2) is 30.5 Å².